The van der Waals surface area contributed by atoms with E-state index in [0.29, 0.717) is 28.4 Å². The van der Waals surface area contributed by atoms with E-state index in [1.807, 2.05) is 29.6 Å². The van der Waals surface area contributed by atoms with E-state index in [9.17, 15) is 9.59 Å². The second kappa shape index (κ2) is 6.85. The Morgan fingerprint density at radius 3 is 2.81 bits per heavy atom. The normalized spacial score (nSPS) is 12.5. The first-order chi connectivity index (χ1) is 12.7. The van der Waals surface area contributed by atoms with Crippen LogP contribution in [0.1, 0.15) is 15.2 Å². The lowest BCUT2D eigenvalue weighted by Gasteiger charge is -2.09. The van der Waals surface area contributed by atoms with Crippen molar-refractivity contribution in [1.82, 2.24) is 0 Å². The molecule has 5 nitrogen and oxygen atoms in total. The number of rotatable bonds is 3. The Morgan fingerprint density at radius 2 is 1.96 bits per heavy atom. The molecule has 1 aliphatic rings. The summed E-state index contributed by atoms with van der Waals surface area (Å²) in [6.07, 6.45) is 3.21. The van der Waals surface area contributed by atoms with Gasteiger partial charge in [-0.2, -0.15) is 0 Å². The summed E-state index contributed by atoms with van der Waals surface area (Å²) in [5, 5.41) is 7.52. The predicted molar refractivity (Wildman–Crippen MR) is 103 cm³/mol. The molecule has 26 heavy (non-hydrogen) atoms. The number of hydrogen-bond donors (Lipinski definition) is 2. The maximum atomic E-state index is 12.5. The van der Waals surface area contributed by atoms with Gasteiger partial charge in [-0.25, -0.2) is 0 Å². The largest absolute Gasteiger partial charge is 0.454 e. The van der Waals surface area contributed by atoms with E-state index in [1.165, 1.54) is 6.08 Å². The van der Waals surface area contributed by atoms with Crippen LogP contribution in [0, 0.1) is 0 Å². The highest BCUT2D eigenvalue weighted by molar-refractivity contribution is 7.10. The van der Waals surface area contributed by atoms with Crippen molar-refractivity contribution in [2.24, 2.45) is 0 Å². The fourth-order valence-corrected chi connectivity index (χ4v) is 3.19. The molecule has 3 aromatic rings. The van der Waals surface area contributed by atoms with Crippen LogP contribution in [-0.2, 0) is 4.79 Å². The van der Waals surface area contributed by atoms with E-state index in [4.69, 9.17) is 4.74 Å². The second-order valence-corrected chi connectivity index (χ2v) is 6.58. The van der Waals surface area contributed by atoms with Gasteiger partial charge in [-0.3, -0.25) is 9.59 Å². The van der Waals surface area contributed by atoms with Crippen LogP contribution in [0.15, 0.2) is 66.1 Å². The number of amides is 2. The molecular formula is C20H14N2O3S. The maximum absolute atomic E-state index is 12.5. The summed E-state index contributed by atoms with van der Waals surface area (Å²) >= 11 is 1.55. The van der Waals surface area contributed by atoms with Crippen LogP contribution in [0.4, 0.5) is 11.4 Å². The molecule has 0 fully saturated rings. The first kappa shape index (κ1) is 16.1. The molecule has 128 valence electrons. The smallest absolute Gasteiger partial charge is 0.259 e. The molecule has 0 spiro atoms. The number of anilines is 2. The topological polar surface area (TPSA) is 67.4 Å². The zero-order valence-corrected chi connectivity index (χ0v) is 14.4. The minimum Gasteiger partial charge on any atom is -0.454 e. The van der Waals surface area contributed by atoms with Crippen LogP contribution in [0.3, 0.4) is 0 Å². The predicted octanol–water partition coefficient (Wildman–Crippen LogP) is 4.76. The number of benzene rings is 2. The molecule has 1 aromatic heterocycles. The Hall–Kier alpha value is -3.38. The van der Waals surface area contributed by atoms with Crippen LogP contribution in [-0.4, -0.2) is 11.8 Å². The molecule has 2 N–H and O–H groups in total. The summed E-state index contributed by atoms with van der Waals surface area (Å²) in [6, 6.07) is 16.1. The van der Waals surface area contributed by atoms with E-state index >= 15 is 0 Å². The van der Waals surface area contributed by atoms with Gasteiger partial charge < -0.3 is 15.4 Å². The summed E-state index contributed by atoms with van der Waals surface area (Å²) in [4.78, 5) is 25.5. The van der Waals surface area contributed by atoms with Crippen LogP contribution < -0.4 is 15.4 Å². The van der Waals surface area contributed by atoms with Crippen molar-refractivity contribution >= 4 is 40.6 Å². The standard InChI is InChI=1S/C20H14N2O3S/c23-19(10-8-14-4-3-11-26-14)21-13-7-9-17-15(12-13)20(24)22-16-5-1-2-6-18(16)25-17/h1-12H,(H,21,23)(H,22,24)/b10-8+. The van der Waals surface area contributed by atoms with Crippen molar-refractivity contribution in [3.8, 4) is 11.5 Å². The van der Waals surface area contributed by atoms with Crippen molar-refractivity contribution in [2.75, 3.05) is 10.6 Å². The zero-order chi connectivity index (χ0) is 17.9. The lowest BCUT2D eigenvalue weighted by molar-refractivity contribution is -0.111. The van der Waals surface area contributed by atoms with Gasteiger partial charge in [-0.05, 0) is 47.9 Å². The van der Waals surface area contributed by atoms with Gasteiger partial charge in [0.2, 0.25) is 5.91 Å². The minimum absolute atomic E-state index is 0.267. The first-order valence-corrected chi connectivity index (χ1v) is 8.82. The van der Waals surface area contributed by atoms with E-state index in [-0.39, 0.29) is 11.8 Å². The number of carbonyl (C=O) groups is 2. The van der Waals surface area contributed by atoms with Crippen molar-refractivity contribution in [1.29, 1.82) is 0 Å². The summed E-state index contributed by atoms with van der Waals surface area (Å²) in [5.41, 5.74) is 1.49. The summed E-state index contributed by atoms with van der Waals surface area (Å²) < 4.78 is 5.82. The van der Waals surface area contributed by atoms with Gasteiger partial charge in [0.05, 0.1) is 11.3 Å². The van der Waals surface area contributed by atoms with Gasteiger partial charge in [0.15, 0.2) is 5.75 Å². The number of nitrogens with one attached hydrogen (secondary N) is 2. The highest BCUT2D eigenvalue weighted by Crippen LogP contribution is 2.36. The van der Waals surface area contributed by atoms with Crippen molar-refractivity contribution in [3.05, 3.63) is 76.5 Å². The van der Waals surface area contributed by atoms with E-state index in [0.717, 1.165) is 4.88 Å². The number of carbonyl (C=O) groups excluding carboxylic acids is 2. The quantitative estimate of drug-likeness (QED) is 0.660. The molecule has 0 aliphatic carbocycles. The third-order valence-corrected chi connectivity index (χ3v) is 4.63. The minimum atomic E-state index is -0.282. The molecule has 0 unspecified atom stereocenters. The first-order valence-electron chi connectivity index (χ1n) is 7.94. The van der Waals surface area contributed by atoms with Gasteiger partial charge in [-0.1, -0.05) is 18.2 Å². The molecule has 4 rings (SSSR count). The SMILES string of the molecule is O=C(/C=C/c1cccs1)Nc1ccc2c(c1)C(=O)Nc1ccccc1O2. The monoisotopic (exact) mass is 362 g/mol. The Morgan fingerprint density at radius 1 is 1.08 bits per heavy atom. The van der Waals surface area contributed by atoms with Crippen LogP contribution in [0.2, 0.25) is 0 Å². The second-order valence-electron chi connectivity index (χ2n) is 5.60. The number of hydrogen-bond acceptors (Lipinski definition) is 4. The molecule has 6 heteroatoms. The molecule has 1 aliphatic heterocycles. The zero-order valence-electron chi connectivity index (χ0n) is 13.6. The van der Waals surface area contributed by atoms with E-state index in [2.05, 4.69) is 10.6 Å². The summed E-state index contributed by atoms with van der Waals surface area (Å²) in [7, 11) is 0. The fraction of sp³-hybridized carbons (Fsp3) is 0. The molecule has 2 heterocycles. The van der Waals surface area contributed by atoms with Crippen molar-refractivity contribution < 1.29 is 14.3 Å². The highest BCUT2D eigenvalue weighted by Gasteiger charge is 2.21. The van der Waals surface area contributed by atoms with Gasteiger partial charge >= 0.3 is 0 Å². The average Bonchev–Trinajstić information content (AvgIpc) is 3.11. The third kappa shape index (κ3) is 3.36. The molecule has 2 aromatic carbocycles. The average molecular weight is 362 g/mol. The summed E-state index contributed by atoms with van der Waals surface area (Å²) in [5.74, 6) is 0.474. The molecule has 2 amide bonds. The third-order valence-electron chi connectivity index (χ3n) is 3.79. The van der Waals surface area contributed by atoms with E-state index < -0.39 is 0 Å². The molecular weight excluding hydrogens is 348 g/mol. The number of thiophene rings is 1. The van der Waals surface area contributed by atoms with Gasteiger partial charge in [0.1, 0.15) is 5.75 Å². The lowest BCUT2D eigenvalue weighted by Crippen LogP contribution is -2.12. The molecule has 0 bridgehead atoms. The van der Waals surface area contributed by atoms with Crippen LogP contribution in [0.5, 0.6) is 11.5 Å². The number of ether oxygens (including phenoxy) is 1. The lowest BCUT2D eigenvalue weighted by atomic mass is 10.1. The van der Waals surface area contributed by atoms with Crippen LogP contribution in [0.25, 0.3) is 6.08 Å². The maximum Gasteiger partial charge on any atom is 0.259 e. The fourth-order valence-electron chi connectivity index (χ4n) is 2.57. The molecule has 0 saturated carbocycles. The molecule has 0 atom stereocenters. The molecule has 0 saturated heterocycles. The van der Waals surface area contributed by atoms with Crippen molar-refractivity contribution in [3.63, 3.8) is 0 Å². The Labute approximate surface area is 153 Å². The highest BCUT2D eigenvalue weighted by atomic mass is 32.1. The van der Waals surface area contributed by atoms with Crippen LogP contribution >= 0.6 is 11.3 Å². The van der Waals surface area contributed by atoms with Crippen molar-refractivity contribution in [2.45, 2.75) is 0 Å². The van der Waals surface area contributed by atoms with Gasteiger partial charge in [0, 0.05) is 16.6 Å². The number of para-hydroxylation sites is 2. The Kier molecular flexibility index (Phi) is 4.25. The Balaban J connectivity index is 1.55. The molecule has 0 radical (unpaired) electrons. The van der Waals surface area contributed by atoms with Gasteiger partial charge in [0.25, 0.3) is 5.91 Å². The summed E-state index contributed by atoms with van der Waals surface area (Å²) in [6.45, 7) is 0. The van der Waals surface area contributed by atoms with Gasteiger partial charge in [-0.15, -0.1) is 11.3 Å². The number of fused-ring (bicyclic) bond motifs is 2. The van der Waals surface area contributed by atoms with E-state index in [1.54, 1.807) is 47.7 Å². The Bertz CT molecular complexity index is 1010.